The maximum absolute atomic E-state index is 12.8. The third-order valence-electron chi connectivity index (χ3n) is 16.0. The number of esters is 2. The van der Waals surface area contributed by atoms with Gasteiger partial charge >= 0.3 is 19.8 Å². The number of carbonyl (C=O) groups excluding carboxylic acids is 2. The normalized spacial score (nSPS) is 13.7. The second-order valence-corrected chi connectivity index (χ2v) is 26.2. The summed E-state index contributed by atoms with van der Waals surface area (Å²) in [5.74, 6) is -0.822. The second kappa shape index (κ2) is 75.2. The first-order chi connectivity index (χ1) is 44.8. The zero-order valence-corrected chi connectivity index (χ0v) is 59.7. The number of ether oxygens (including phenoxy) is 2. The van der Waals surface area contributed by atoms with E-state index in [0.717, 1.165) is 103 Å². The predicted molar refractivity (Wildman–Crippen MR) is 394 cm³/mol. The maximum Gasteiger partial charge on any atom is 0.472 e. The smallest absolute Gasteiger partial charge is 0.462 e. The highest BCUT2D eigenvalue weighted by Gasteiger charge is 2.26. The van der Waals surface area contributed by atoms with Crippen LogP contribution in [0.2, 0.25) is 0 Å². The fourth-order valence-corrected chi connectivity index (χ4v) is 11.3. The SMILES string of the molecule is CC/C=C\C/C=C\C/C=C\C/C=C\C/C=C\C/C=C\C/C=C\C/C=C\C/C=C\CCCCCCCCCCCCCCCC(=O)OC(COC(=O)CCCCCCCCCCCCCCCCCCC/C=C\C/C=C\CCCCCCC)COP(=O)(O)OCCN. The lowest BCUT2D eigenvalue weighted by molar-refractivity contribution is -0.161. The Balaban J connectivity index is 3.88. The molecule has 0 bridgehead atoms. The van der Waals surface area contributed by atoms with Gasteiger partial charge < -0.3 is 20.1 Å². The Morgan fingerprint density at radius 2 is 0.604 bits per heavy atom. The molecule has 2 unspecified atom stereocenters. The van der Waals surface area contributed by atoms with Gasteiger partial charge in [0.2, 0.25) is 0 Å². The van der Waals surface area contributed by atoms with Crippen LogP contribution in [0.5, 0.6) is 0 Å². The minimum absolute atomic E-state index is 0.0497. The summed E-state index contributed by atoms with van der Waals surface area (Å²) in [6, 6.07) is 0. The molecule has 0 aliphatic heterocycles. The van der Waals surface area contributed by atoms with Crippen LogP contribution in [-0.4, -0.2) is 49.3 Å². The molecule has 0 aromatic rings. The summed E-state index contributed by atoms with van der Waals surface area (Å²) in [4.78, 5) is 35.4. The molecule has 0 radical (unpaired) electrons. The molecule has 0 aliphatic carbocycles. The van der Waals surface area contributed by atoms with Gasteiger partial charge in [-0.2, -0.15) is 0 Å². The number of allylic oxidation sites excluding steroid dienone is 22. The number of unbranched alkanes of at least 4 members (excludes halogenated alkanes) is 35. The van der Waals surface area contributed by atoms with E-state index in [0.29, 0.717) is 6.42 Å². The highest BCUT2D eigenvalue weighted by atomic mass is 31.2. The van der Waals surface area contributed by atoms with Crippen molar-refractivity contribution in [2.24, 2.45) is 5.73 Å². The van der Waals surface area contributed by atoms with Gasteiger partial charge in [-0.3, -0.25) is 18.6 Å². The third-order valence-corrected chi connectivity index (χ3v) is 17.0. The Kier molecular flexibility index (Phi) is 72.0. The number of nitrogens with two attached hydrogens (primary N) is 1. The van der Waals surface area contributed by atoms with E-state index in [9.17, 15) is 19.0 Å². The van der Waals surface area contributed by atoms with Gasteiger partial charge in [-0.25, -0.2) is 4.57 Å². The summed E-state index contributed by atoms with van der Waals surface area (Å²) in [7, 11) is -4.40. The lowest BCUT2D eigenvalue weighted by Crippen LogP contribution is -2.29. The molecule has 0 spiro atoms. The molecule has 9 nitrogen and oxygen atoms in total. The van der Waals surface area contributed by atoms with Crippen molar-refractivity contribution in [1.82, 2.24) is 0 Å². The van der Waals surface area contributed by atoms with E-state index in [1.54, 1.807) is 0 Å². The molecule has 0 aliphatic rings. The highest BCUT2D eigenvalue weighted by molar-refractivity contribution is 7.47. The van der Waals surface area contributed by atoms with Crippen LogP contribution in [0.1, 0.15) is 335 Å². The molecule has 0 fully saturated rings. The van der Waals surface area contributed by atoms with Crippen molar-refractivity contribution in [2.45, 2.75) is 341 Å². The quantitative estimate of drug-likeness (QED) is 0.0264. The first kappa shape index (κ1) is 87.2. The van der Waals surface area contributed by atoms with Crippen LogP contribution in [0.25, 0.3) is 0 Å². The van der Waals surface area contributed by atoms with E-state index in [4.69, 9.17) is 24.3 Å². The highest BCUT2D eigenvalue weighted by Crippen LogP contribution is 2.43. The van der Waals surface area contributed by atoms with Gasteiger partial charge in [0.15, 0.2) is 6.10 Å². The van der Waals surface area contributed by atoms with Crippen molar-refractivity contribution < 1.29 is 37.6 Å². The van der Waals surface area contributed by atoms with Crippen LogP contribution in [-0.2, 0) is 32.7 Å². The summed E-state index contributed by atoms with van der Waals surface area (Å²) >= 11 is 0. The van der Waals surface area contributed by atoms with Crippen molar-refractivity contribution in [3.8, 4) is 0 Å². The number of phosphoric ester groups is 1. The summed E-state index contributed by atoms with van der Waals surface area (Å²) < 4.78 is 33.2. The molecule has 0 amide bonds. The zero-order valence-electron chi connectivity index (χ0n) is 58.8. The molecule has 2 atom stereocenters. The largest absolute Gasteiger partial charge is 0.472 e. The minimum atomic E-state index is -4.40. The molecule has 0 aromatic carbocycles. The summed E-state index contributed by atoms with van der Waals surface area (Å²) in [5.41, 5.74) is 5.41. The average Bonchev–Trinajstić information content (AvgIpc) is 3.74. The zero-order chi connectivity index (χ0) is 65.8. The van der Waals surface area contributed by atoms with Crippen molar-refractivity contribution in [3.05, 3.63) is 134 Å². The minimum Gasteiger partial charge on any atom is -0.462 e. The summed E-state index contributed by atoms with van der Waals surface area (Å²) in [6.45, 7) is 3.65. The monoisotopic (exact) mass is 1290 g/mol. The average molecular weight is 1290 g/mol. The van der Waals surface area contributed by atoms with Crippen molar-refractivity contribution in [1.29, 1.82) is 0 Å². The number of phosphoric acid groups is 1. The molecule has 10 heteroatoms. The van der Waals surface area contributed by atoms with Gasteiger partial charge in [0, 0.05) is 19.4 Å². The maximum atomic E-state index is 12.8. The number of rotatable bonds is 70. The van der Waals surface area contributed by atoms with Crippen LogP contribution in [0.4, 0.5) is 0 Å². The predicted octanol–water partition coefficient (Wildman–Crippen LogP) is 25.2. The van der Waals surface area contributed by atoms with Crippen LogP contribution in [0, 0.1) is 0 Å². The Morgan fingerprint density at radius 1 is 0.341 bits per heavy atom. The van der Waals surface area contributed by atoms with E-state index in [1.165, 1.54) is 199 Å². The standard InChI is InChI=1S/C81H140NO8P/c1-3-5-7-9-11-13-15-17-19-21-23-25-27-29-31-33-34-35-36-37-38-39-40-41-42-43-44-46-48-50-52-54-56-58-60-62-64-66-68-70-72-74-81(84)90-79(78-89-91(85,86)88-76-75-82)77-87-80(83)73-71-69-67-65-63-61-59-57-55-53-51-49-47-45-32-30-28-26-24-22-20-18-16-14-12-10-8-6-4-2/h5,7,11,13,16-19,22-25,29,31,34-35,37-38,40-41,43-44,79H,3-4,6,8-10,12,14-15,20-21,26-28,30,32-33,36,39,42,45-78,82H2,1-2H3,(H,85,86)/b7-5-,13-11-,18-16-,19-17-,24-22-,25-23-,31-29-,35-34-,38-37-,41-40-,44-43-. The fraction of sp³-hybridized carbons (Fsp3) is 0.704. The molecule has 0 saturated heterocycles. The van der Waals surface area contributed by atoms with Crippen LogP contribution in [0.3, 0.4) is 0 Å². The molecule has 0 aromatic heterocycles. The molecule has 0 heterocycles. The van der Waals surface area contributed by atoms with Gasteiger partial charge in [0.25, 0.3) is 0 Å². The lowest BCUT2D eigenvalue weighted by Gasteiger charge is -2.19. The Bertz CT molecular complexity index is 1960. The molecule has 3 N–H and O–H groups in total. The van der Waals surface area contributed by atoms with Crippen LogP contribution in [0.15, 0.2) is 134 Å². The van der Waals surface area contributed by atoms with Gasteiger partial charge in [0.05, 0.1) is 13.2 Å². The topological polar surface area (TPSA) is 134 Å². The second-order valence-electron chi connectivity index (χ2n) is 24.8. The van der Waals surface area contributed by atoms with Crippen molar-refractivity contribution in [2.75, 3.05) is 26.4 Å². The molecule has 0 saturated carbocycles. The summed E-state index contributed by atoms with van der Waals surface area (Å²) in [5, 5.41) is 0. The lowest BCUT2D eigenvalue weighted by atomic mass is 10.0. The molecule has 0 rings (SSSR count). The van der Waals surface area contributed by atoms with E-state index < -0.39 is 26.5 Å². The van der Waals surface area contributed by atoms with E-state index in [-0.39, 0.29) is 38.6 Å². The van der Waals surface area contributed by atoms with Gasteiger partial charge in [0.1, 0.15) is 6.61 Å². The molecular formula is C81H140NO8P. The molecular weight excluding hydrogens is 1150 g/mol. The van der Waals surface area contributed by atoms with E-state index in [2.05, 4.69) is 148 Å². The van der Waals surface area contributed by atoms with Crippen LogP contribution < -0.4 is 5.73 Å². The molecule has 522 valence electrons. The first-order valence-corrected chi connectivity index (χ1v) is 39.2. The Hall–Kier alpha value is -3.85. The van der Waals surface area contributed by atoms with Crippen molar-refractivity contribution >= 4 is 19.8 Å². The van der Waals surface area contributed by atoms with E-state index >= 15 is 0 Å². The number of carbonyl (C=O) groups is 2. The van der Waals surface area contributed by atoms with Crippen molar-refractivity contribution in [3.63, 3.8) is 0 Å². The van der Waals surface area contributed by atoms with E-state index in [1.807, 2.05) is 0 Å². The van der Waals surface area contributed by atoms with Gasteiger partial charge in [-0.1, -0.05) is 340 Å². The third kappa shape index (κ3) is 75.1. The summed E-state index contributed by atoms with van der Waals surface area (Å²) in [6.07, 6.45) is 107. The Labute approximate surface area is 561 Å². The fourth-order valence-electron chi connectivity index (χ4n) is 10.5. The van der Waals surface area contributed by atoms with Gasteiger partial charge in [-0.05, 0) is 116 Å². The number of hydrogen-bond acceptors (Lipinski definition) is 8. The van der Waals surface area contributed by atoms with Crippen LogP contribution >= 0.6 is 7.82 Å². The molecule has 91 heavy (non-hydrogen) atoms. The first-order valence-electron chi connectivity index (χ1n) is 37.7. The number of hydrogen-bond donors (Lipinski definition) is 2. The Morgan fingerprint density at radius 3 is 0.901 bits per heavy atom. The van der Waals surface area contributed by atoms with Gasteiger partial charge in [-0.15, -0.1) is 0 Å².